The second-order valence-corrected chi connectivity index (χ2v) is 4.65. The summed E-state index contributed by atoms with van der Waals surface area (Å²) in [6.07, 6.45) is 0. The van der Waals surface area contributed by atoms with Crippen LogP contribution >= 0.6 is 11.6 Å². The molecule has 0 saturated carbocycles. The first-order valence-electron chi connectivity index (χ1n) is 5.78. The first-order chi connectivity index (χ1) is 9.10. The van der Waals surface area contributed by atoms with E-state index in [0.717, 1.165) is 11.3 Å². The second-order valence-electron chi connectivity index (χ2n) is 4.25. The number of nitrogens with zero attached hydrogens (tertiary/aromatic N) is 1. The number of nitriles is 1. The fourth-order valence-corrected chi connectivity index (χ4v) is 1.89. The van der Waals surface area contributed by atoms with Crippen LogP contribution < -0.4 is 5.32 Å². The van der Waals surface area contributed by atoms with Crippen LogP contribution in [-0.2, 0) is 0 Å². The molecule has 0 aliphatic carbocycles. The van der Waals surface area contributed by atoms with E-state index in [4.69, 9.17) is 11.6 Å². The lowest BCUT2D eigenvalue weighted by Gasteiger charge is -2.14. The fraction of sp³-hybridized carbons (Fsp3) is 0.133. The van der Waals surface area contributed by atoms with Gasteiger partial charge in [-0.2, -0.15) is 5.26 Å². The fourth-order valence-electron chi connectivity index (χ4n) is 1.70. The number of nitrogens with one attached hydrogen (secondary N) is 1. The molecule has 0 radical (unpaired) electrons. The molecule has 2 rings (SSSR count). The number of benzene rings is 2. The Bertz CT molecular complexity index is 617. The van der Waals surface area contributed by atoms with Crippen LogP contribution in [-0.4, -0.2) is 0 Å². The molecule has 4 heteroatoms. The van der Waals surface area contributed by atoms with E-state index in [9.17, 15) is 9.65 Å². The zero-order valence-corrected chi connectivity index (χ0v) is 11.1. The highest BCUT2D eigenvalue weighted by atomic mass is 35.5. The summed E-state index contributed by atoms with van der Waals surface area (Å²) in [5.41, 5.74) is 2.61. The summed E-state index contributed by atoms with van der Waals surface area (Å²) in [5.74, 6) is -0.488. The Morgan fingerprint density at radius 1 is 1.21 bits per heavy atom. The molecule has 0 aromatic heterocycles. The Balaban J connectivity index is 2.23. The smallest absolute Gasteiger partial charge is 0.141 e. The topological polar surface area (TPSA) is 35.8 Å². The van der Waals surface area contributed by atoms with E-state index in [2.05, 4.69) is 11.4 Å². The van der Waals surface area contributed by atoms with Crippen LogP contribution in [0.3, 0.4) is 0 Å². The third-order valence-corrected chi connectivity index (χ3v) is 3.06. The van der Waals surface area contributed by atoms with Crippen LogP contribution in [0.1, 0.15) is 17.2 Å². The van der Waals surface area contributed by atoms with E-state index in [-0.39, 0.29) is 5.02 Å². The van der Waals surface area contributed by atoms with Gasteiger partial charge in [0.1, 0.15) is 11.9 Å². The van der Waals surface area contributed by atoms with Gasteiger partial charge in [0.25, 0.3) is 0 Å². The Kier molecular flexibility index (Phi) is 4.03. The zero-order chi connectivity index (χ0) is 13.8. The van der Waals surface area contributed by atoms with Crippen molar-refractivity contribution < 1.29 is 4.39 Å². The Morgan fingerprint density at radius 3 is 2.47 bits per heavy atom. The van der Waals surface area contributed by atoms with Crippen molar-refractivity contribution >= 4 is 17.3 Å². The number of rotatable bonds is 3. The summed E-state index contributed by atoms with van der Waals surface area (Å²) in [6.45, 7) is 1.99. The lowest BCUT2D eigenvalue weighted by Crippen LogP contribution is -2.08. The van der Waals surface area contributed by atoms with Crippen molar-refractivity contribution in [1.29, 1.82) is 5.26 Å². The molecule has 0 aliphatic heterocycles. The molecule has 0 bridgehead atoms. The number of anilines is 1. The highest BCUT2D eigenvalue weighted by Crippen LogP contribution is 2.23. The van der Waals surface area contributed by atoms with Gasteiger partial charge in [-0.3, -0.25) is 0 Å². The highest BCUT2D eigenvalue weighted by Gasteiger charge is 2.12. The molecule has 0 aliphatic rings. The largest absolute Gasteiger partial charge is 0.366 e. The standard InChI is InChI=1S/C15H12ClFN2/c1-10-2-5-12(6-3-10)19-15(9-18)11-4-7-14(17)13(16)8-11/h2-8,15,19H,1H3. The lowest BCUT2D eigenvalue weighted by molar-refractivity contribution is 0.627. The number of aryl methyl sites for hydroxylation is 1. The summed E-state index contributed by atoms with van der Waals surface area (Å²) < 4.78 is 13.1. The molecule has 0 fully saturated rings. The summed E-state index contributed by atoms with van der Waals surface area (Å²) in [5, 5.41) is 12.3. The summed E-state index contributed by atoms with van der Waals surface area (Å²) in [7, 11) is 0. The van der Waals surface area contributed by atoms with Gasteiger partial charge in [0.2, 0.25) is 0 Å². The molecule has 0 amide bonds. The summed E-state index contributed by atoms with van der Waals surface area (Å²) >= 11 is 5.73. The molecule has 0 spiro atoms. The molecular formula is C15H12ClFN2. The number of halogens is 2. The van der Waals surface area contributed by atoms with Crippen LogP contribution in [0, 0.1) is 24.1 Å². The van der Waals surface area contributed by atoms with Crippen LogP contribution in [0.4, 0.5) is 10.1 Å². The van der Waals surface area contributed by atoms with Crippen molar-refractivity contribution in [2.45, 2.75) is 13.0 Å². The average molecular weight is 275 g/mol. The summed E-state index contributed by atoms with van der Waals surface area (Å²) in [6, 6.07) is 13.5. The Morgan fingerprint density at radius 2 is 1.89 bits per heavy atom. The Labute approximate surface area is 116 Å². The van der Waals surface area contributed by atoms with Crippen molar-refractivity contribution in [3.8, 4) is 6.07 Å². The van der Waals surface area contributed by atoms with Gasteiger partial charge in [-0.1, -0.05) is 35.4 Å². The first-order valence-corrected chi connectivity index (χ1v) is 6.15. The summed E-state index contributed by atoms with van der Waals surface area (Å²) in [4.78, 5) is 0. The van der Waals surface area contributed by atoms with Crippen molar-refractivity contribution in [2.75, 3.05) is 5.32 Å². The van der Waals surface area contributed by atoms with Gasteiger partial charge < -0.3 is 5.32 Å². The molecule has 0 saturated heterocycles. The van der Waals surface area contributed by atoms with Gasteiger partial charge in [-0.25, -0.2) is 4.39 Å². The number of hydrogen-bond acceptors (Lipinski definition) is 2. The minimum atomic E-state index is -0.569. The maximum atomic E-state index is 13.1. The quantitative estimate of drug-likeness (QED) is 0.897. The minimum absolute atomic E-state index is 0.0171. The normalized spacial score (nSPS) is 11.7. The predicted octanol–water partition coefficient (Wildman–Crippen LogP) is 4.46. The van der Waals surface area contributed by atoms with Gasteiger partial charge >= 0.3 is 0 Å². The zero-order valence-electron chi connectivity index (χ0n) is 10.3. The van der Waals surface area contributed by atoms with Crippen LogP contribution in [0.5, 0.6) is 0 Å². The SMILES string of the molecule is Cc1ccc(NC(C#N)c2ccc(F)c(Cl)c2)cc1. The van der Waals surface area contributed by atoms with Crippen LogP contribution in [0.25, 0.3) is 0 Å². The third-order valence-electron chi connectivity index (χ3n) is 2.77. The minimum Gasteiger partial charge on any atom is -0.366 e. The molecular weight excluding hydrogens is 263 g/mol. The van der Waals surface area contributed by atoms with Gasteiger partial charge in [0, 0.05) is 5.69 Å². The highest BCUT2D eigenvalue weighted by molar-refractivity contribution is 6.30. The Hall–Kier alpha value is -2.05. The van der Waals surface area contributed by atoms with E-state index in [1.807, 2.05) is 31.2 Å². The predicted molar refractivity (Wildman–Crippen MR) is 74.6 cm³/mol. The van der Waals surface area contributed by atoms with E-state index in [1.54, 1.807) is 6.07 Å². The molecule has 2 aromatic rings. The van der Waals surface area contributed by atoms with Crippen molar-refractivity contribution in [3.05, 3.63) is 64.4 Å². The average Bonchev–Trinajstić information content (AvgIpc) is 2.41. The van der Waals surface area contributed by atoms with E-state index >= 15 is 0 Å². The second kappa shape index (κ2) is 5.73. The van der Waals surface area contributed by atoms with Gasteiger partial charge in [-0.15, -0.1) is 0 Å². The maximum absolute atomic E-state index is 13.1. The van der Waals surface area contributed by atoms with E-state index < -0.39 is 11.9 Å². The molecule has 1 atom stereocenters. The van der Waals surface area contributed by atoms with Crippen molar-refractivity contribution in [3.63, 3.8) is 0 Å². The van der Waals surface area contributed by atoms with Crippen LogP contribution in [0.2, 0.25) is 5.02 Å². The third kappa shape index (κ3) is 3.24. The van der Waals surface area contributed by atoms with Gasteiger partial charge in [-0.05, 0) is 36.8 Å². The number of hydrogen-bond donors (Lipinski definition) is 1. The monoisotopic (exact) mass is 274 g/mol. The first kappa shape index (κ1) is 13.4. The molecule has 1 N–H and O–H groups in total. The lowest BCUT2D eigenvalue weighted by atomic mass is 10.1. The van der Waals surface area contributed by atoms with Gasteiger partial charge in [0.05, 0.1) is 11.1 Å². The molecule has 2 aromatic carbocycles. The van der Waals surface area contributed by atoms with Gasteiger partial charge in [0.15, 0.2) is 0 Å². The molecule has 2 nitrogen and oxygen atoms in total. The molecule has 96 valence electrons. The van der Waals surface area contributed by atoms with Crippen LogP contribution in [0.15, 0.2) is 42.5 Å². The maximum Gasteiger partial charge on any atom is 0.141 e. The van der Waals surface area contributed by atoms with E-state index in [0.29, 0.717) is 5.56 Å². The van der Waals surface area contributed by atoms with Crippen molar-refractivity contribution in [1.82, 2.24) is 0 Å². The van der Waals surface area contributed by atoms with Crippen molar-refractivity contribution in [2.24, 2.45) is 0 Å². The molecule has 0 heterocycles. The van der Waals surface area contributed by atoms with E-state index in [1.165, 1.54) is 12.1 Å². The molecule has 1 unspecified atom stereocenters. The molecule has 19 heavy (non-hydrogen) atoms.